The van der Waals surface area contributed by atoms with Crippen LogP contribution in [-0.2, 0) is 0 Å². The predicted molar refractivity (Wildman–Crippen MR) is 76.3 cm³/mol. The molecule has 0 amide bonds. The molecule has 0 aliphatic carbocycles. The Kier molecular flexibility index (Phi) is 3.98. The van der Waals surface area contributed by atoms with Crippen LogP contribution in [-0.4, -0.2) is 16.1 Å². The van der Waals surface area contributed by atoms with Crippen LogP contribution < -0.4 is 5.32 Å². The first-order chi connectivity index (χ1) is 8.56. The van der Waals surface area contributed by atoms with Gasteiger partial charge in [-0.25, -0.2) is 9.78 Å². The quantitative estimate of drug-likeness (QED) is 0.854. The summed E-state index contributed by atoms with van der Waals surface area (Å²) in [4.78, 5) is 15.2. The van der Waals surface area contributed by atoms with Crippen molar-refractivity contribution in [3.63, 3.8) is 0 Å². The third-order valence-corrected chi connectivity index (χ3v) is 3.15. The van der Waals surface area contributed by atoms with Crippen LogP contribution in [0.25, 0.3) is 0 Å². The van der Waals surface area contributed by atoms with Gasteiger partial charge in [-0.2, -0.15) is 0 Å². The third kappa shape index (κ3) is 3.08. The maximum atomic E-state index is 11.1. The SMILES string of the molecule is O=C(O)c1cc(Br)cnc1Nc1ccc(Br)cc1. The van der Waals surface area contributed by atoms with Gasteiger partial charge in [-0.15, -0.1) is 0 Å². The minimum Gasteiger partial charge on any atom is -0.478 e. The van der Waals surface area contributed by atoms with Gasteiger partial charge in [-0.1, -0.05) is 15.9 Å². The molecule has 2 rings (SSSR count). The number of hydrogen-bond acceptors (Lipinski definition) is 3. The number of anilines is 2. The molecule has 2 aromatic rings. The summed E-state index contributed by atoms with van der Waals surface area (Å²) < 4.78 is 1.58. The monoisotopic (exact) mass is 370 g/mol. The fourth-order valence-corrected chi connectivity index (χ4v) is 1.97. The molecule has 0 aliphatic rings. The standard InChI is InChI=1S/C12H8Br2N2O2/c13-7-1-3-9(4-2-7)16-11-10(12(17)18)5-8(14)6-15-11/h1-6H,(H,15,16)(H,17,18). The number of halogens is 2. The van der Waals surface area contributed by atoms with Crippen molar-refractivity contribution >= 4 is 49.3 Å². The number of rotatable bonds is 3. The molecule has 0 aliphatic heterocycles. The van der Waals surface area contributed by atoms with Gasteiger partial charge in [-0.05, 0) is 46.3 Å². The summed E-state index contributed by atoms with van der Waals surface area (Å²) in [6.45, 7) is 0. The number of carbonyl (C=O) groups is 1. The molecule has 92 valence electrons. The van der Waals surface area contributed by atoms with Gasteiger partial charge in [0.25, 0.3) is 0 Å². The van der Waals surface area contributed by atoms with E-state index < -0.39 is 5.97 Å². The lowest BCUT2D eigenvalue weighted by Crippen LogP contribution is -2.04. The number of nitrogens with zero attached hydrogens (tertiary/aromatic N) is 1. The molecule has 0 unspecified atom stereocenters. The van der Waals surface area contributed by atoms with E-state index in [9.17, 15) is 4.79 Å². The lowest BCUT2D eigenvalue weighted by Gasteiger charge is -2.08. The zero-order valence-electron chi connectivity index (χ0n) is 9.02. The molecule has 1 heterocycles. The van der Waals surface area contributed by atoms with Gasteiger partial charge < -0.3 is 10.4 Å². The number of pyridine rings is 1. The average Bonchev–Trinajstić information content (AvgIpc) is 2.34. The van der Waals surface area contributed by atoms with Crippen molar-refractivity contribution in [1.29, 1.82) is 0 Å². The molecule has 6 heteroatoms. The molecule has 0 saturated carbocycles. The van der Waals surface area contributed by atoms with E-state index in [0.717, 1.165) is 10.2 Å². The maximum absolute atomic E-state index is 11.1. The Labute approximate surface area is 120 Å². The molecule has 1 aromatic carbocycles. The lowest BCUT2D eigenvalue weighted by atomic mass is 10.2. The second kappa shape index (κ2) is 5.49. The highest BCUT2D eigenvalue weighted by Gasteiger charge is 2.12. The summed E-state index contributed by atoms with van der Waals surface area (Å²) in [6.07, 6.45) is 1.55. The van der Waals surface area contributed by atoms with Gasteiger partial charge in [0, 0.05) is 20.8 Å². The van der Waals surface area contributed by atoms with Crippen molar-refractivity contribution in [3.8, 4) is 0 Å². The minimum absolute atomic E-state index is 0.118. The zero-order chi connectivity index (χ0) is 13.1. The van der Waals surface area contributed by atoms with Crippen LogP contribution in [0.5, 0.6) is 0 Å². The third-order valence-electron chi connectivity index (χ3n) is 2.19. The van der Waals surface area contributed by atoms with Gasteiger partial charge in [0.2, 0.25) is 0 Å². The molecule has 0 saturated heterocycles. The van der Waals surface area contributed by atoms with E-state index in [4.69, 9.17) is 5.11 Å². The fourth-order valence-electron chi connectivity index (χ4n) is 1.37. The molecule has 4 nitrogen and oxygen atoms in total. The van der Waals surface area contributed by atoms with E-state index in [-0.39, 0.29) is 5.56 Å². The van der Waals surface area contributed by atoms with Crippen molar-refractivity contribution in [2.45, 2.75) is 0 Å². The highest BCUT2D eigenvalue weighted by atomic mass is 79.9. The Morgan fingerprint density at radius 1 is 1.17 bits per heavy atom. The van der Waals surface area contributed by atoms with Crippen molar-refractivity contribution in [2.75, 3.05) is 5.32 Å². The van der Waals surface area contributed by atoms with Gasteiger partial charge in [0.15, 0.2) is 0 Å². The zero-order valence-corrected chi connectivity index (χ0v) is 12.2. The van der Waals surface area contributed by atoms with Crippen LogP contribution in [0.2, 0.25) is 0 Å². The molecular formula is C12H8Br2N2O2. The van der Waals surface area contributed by atoms with Crippen molar-refractivity contribution in [3.05, 3.63) is 51.0 Å². The first-order valence-corrected chi connectivity index (χ1v) is 6.56. The van der Waals surface area contributed by atoms with Crippen LogP contribution in [0.4, 0.5) is 11.5 Å². The Hall–Kier alpha value is -1.40. The molecular weight excluding hydrogens is 364 g/mol. The van der Waals surface area contributed by atoms with Gasteiger partial charge in [0.05, 0.1) is 0 Å². The second-order valence-corrected chi connectivity index (χ2v) is 5.32. The van der Waals surface area contributed by atoms with Crippen molar-refractivity contribution < 1.29 is 9.90 Å². The molecule has 0 fully saturated rings. The Bertz CT molecular complexity index is 585. The van der Waals surface area contributed by atoms with E-state index in [1.165, 1.54) is 6.07 Å². The van der Waals surface area contributed by atoms with Crippen LogP contribution in [0, 0.1) is 0 Å². The average molecular weight is 372 g/mol. The van der Waals surface area contributed by atoms with Crippen LogP contribution in [0.3, 0.4) is 0 Å². The molecule has 0 atom stereocenters. The van der Waals surface area contributed by atoms with Gasteiger partial charge in [-0.3, -0.25) is 0 Å². The maximum Gasteiger partial charge on any atom is 0.339 e. The summed E-state index contributed by atoms with van der Waals surface area (Å²) in [5.74, 6) is -0.712. The molecule has 18 heavy (non-hydrogen) atoms. The second-order valence-electron chi connectivity index (χ2n) is 3.49. The van der Waals surface area contributed by atoms with Crippen LogP contribution in [0.1, 0.15) is 10.4 Å². The number of aromatic nitrogens is 1. The number of carboxylic acid groups (broad SMARTS) is 1. The summed E-state index contributed by atoms with van der Waals surface area (Å²) in [5.41, 5.74) is 0.891. The van der Waals surface area contributed by atoms with Crippen LogP contribution >= 0.6 is 31.9 Å². The van der Waals surface area contributed by atoms with Crippen molar-refractivity contribution in [2.24, 2.45) is 0 Å². The van der Waals surface area contributed by atoms with E-state index >= 15 is 0 Å². The van der Waals surface area contributed by atoms with Gasteiger partial charge >= 0.3 is 5.97 Å². The van der Waals surface area contributed by atoms with E-state index in [0.29, 0.717) is 10.3 Å². The largest absolute Gasteiger partial charge is 0.478 e. The topological polar surface area (TPSA) is 62.2 Å². The van der Waals surface area contributed by atoms with Gasteiger partial charge in [0.1, 0.15) is 11.4 Å². The Balaban J connectivity index is 2.34. The minimum atomic E-state index is -1.02. The van der Waals surface area contributed by atoms with E-state index in [2.05, 4.69) is 42.2 Å². The van der Waals surface area contributed by atoms with Crippen LogP contribution in [0.15, 0.2) is 45.5 Å². The van der Waals surface area contributed by atoms with Crippen molar-refractivity contribution in [1.82, 2.24) is 4.98 Å². The number of hydrogen-bond donors (Lipinski definition) is 2. The number of nitrogens with one attached hydrogen (secondary N) is 1. The highest BCUT2D eigenvalue weighted by molar-refractivity contribution is 9.10. The van der Waals surface area contributed by atoms with E-state index in [1.807, 2.05) is 24.3 Å². The first-order valence-electron chi connectivity index (χ1n) is 4.97. The number of aromatic carboxylic acids is 1. The first kappa shape index (κ1) is 13.0. The molecule has 0 radical (unpaired) electrons. The number of benzene rings is 1. The summed E-state index contributed by atoms with van der Waals surface area (Å²) in [7, 11) is 0. The number of carboxylic acids is 1. The molecule has 2 N–H and O–H groups in total. The molecule has 0 bridgehead atoms. The smallest absolute Gasteiger partial charge is 0.339 e. The predicted octanol–water partition coefficient (Wildman–Crippen LogP) is 4.05. The fraction of sp³-hybridized carbons (Fsp3) is 0. The summed E-state index contributed by atoms with van der Waals surface area (Å²) in [5, 5.41) is 12.1. The molecule has 0 spiro atoms. The Morgan fingerprint density at radius 3 is 2.44 bits per heavy atom. The summed E-state index contributed by atoms with van der Waals surface area (Å²) >= 11 is 6.53. The molecule has 1 aromatic heterocycles. The normalized spacial score (nSPS) is 10.1. The highest BCUT2D eigenvalue weighted by Crippen LogP contribution is 2.23. The van der Waals surface area contributed by atoms with E-state index in [1.54, 1.807) is 6.20 Å². The summed E-state index contributed by atoms with van der Waals surface area (Å²) in [6, 6.07) is 8.90. The lowest BCUT2D eigenvalue weighted by molar-refractivity contribution is 0.0697. The Morgan fingerprint density at radius 2 is 1.83 bits per heavy atom.